The molecule has 1 unspecified atom stereocenters. The Hall–Kier alpha value is -4.19. The molecule has 1 atom stereocenters. The SMILES string of the molecule is CC/C=C\C/C=C\C/C=C\C/C=C\CCCCCCCCC(=O)OCC(COC(=O)CCCCCCC/C=C\C/C=C\CCC)OC(=O)CC/C=C\C/C=C\C/C=C\C/C=C\CC. The highest BCUT2D eigenvalue weighted by molar-refractivity contribution is 5.71. The number of unbranched alkanes of at least 4 members (excludes halogenated alkanes) is 12. The molecule has 0 spiro atoms. The maximum absolute atomic E-state index is 12.7. The van der Waals surface area contributed by atoms with Gasteiger partial charge in [-0.2, -0.15) is 0 Å². The maximum Gasteiger partial charge on any atom is 0.306 e. The Kier molecular flexibility index (Phi) is 47.1. The van der Waals surface area contributed by atoms with Crippen molar-refractivity contribution in [2.45, 2.75) is 207 Å². The molecule has 0 aliphatic rings. The topological polar surface area (TPSA) is 78.9 Å². The standard InChI is InChI=1S/C57H90O6/c1-4-7-10-13-16-19-22-25-26-27-28-29-30-33-35-38-41-44-47-50-56(59)62-53-54(63-57(60)51-48-45-42-39-36-32-24-21-18-15-12-9-6-3)52-61-55(58)49-46-43-40-37-34-31-23-20-17-14-11-8-5-2/h7,9-12,14,16,18-21,23,25-26,28-29,32,36,42,45,54H,4-6,8,13,15,17,22,24,27,30-31,33-35,37-41,43-44,46-53H2,1-3H3/b10-7-,12-9-,14-11-,19-16-,21-18-,23-20-,26-25-,29-28-,36-32-,45-42-. The van der Waals surface area contributed by atoms with Crippen LogP contribution in [0.3, 0.4) is 0 Å². The fourth-order valence-corrected chi connectivity index (χ4v) is 6.25. The summed E-state index contributed by atoms with van der Waals surface area (Å²) in [6.45, 7) is 6.23. The predicted octanol–water partition coefficient (Wildman–Crippen LogP) is 16.5. The van der Waals surface area contributed by atoms with Crippen LogP contribution in [0.25, 0.3) is 0 Å². The molecule has 0 radical (unpaired) electrons. The van der Waals surface area contributed by atoms with E-state index in [9.17, 15) is 14.4 Å². The minimum Gasteiger partial charge on any atom is -0.462 e. The second-order valence-electron chi connectivity index (χ2n) is 16.0. The highest BCUT2D eigenvalue weighted by Gasteiger charge is 2.19. The summed E-state index contributed by atoms with van der Waals surface area (Å²) in [5.74, 6) is -1.04. The van der Waals surface area contributed by atoms with Gasteiger partial charge < -0.3 is 14.2 Å². The van der Waals surface area contributed by atoms with Crippen molar-refractivity contribution in [2.24, 2.45) is 0 Å². The number of hydrogen-bond donors (Lipinski definition) is 0. The average molecular weight is 871 g/mol. The van der Waals surface area contributed by atoms with E-state index in [1.807, 2.05) is 12.2 Å². The average Bonchev–Trinajstić information content (AvgIpc) is 3.28. The van der Waals surface area contributed by atoms with E-state index in [4.69, 9.17) is 14.2 Å². The first-order chi connectivity index (χ1) is 31.0. The number of carbonyl (C=O) groups excluding carboxylic acids is 3. The van der Waals surface area contributed by atoms with Gasteiger partial charge in [0.15, 0.2) is 6.10 Å². The number of ether oxygens (including phenoxy) is 3. The van der Waals surface area contributed by atoms with E-state index in [2.05, 4.69) is 130 Å². The Morgan fingerprint density at radius 1 is 0.333 bits per heavy atom. The van der Waals surface area contributed by atoms with Gasteiger partial charge in [0, 0.05) is 19.3 Å². The molecule has 0 aliphatic heterocycles. The molecule has 354 valence electrons. The van der Waals surface area contributed by atoms with Crippen molar-refractivity contribution in [1.29, 1.82) is 0 Å². The fraction of sp³-hybridized carbons (Fsp3) is 0.596. The minimum atomic E-state index is -0.830. The summed E-state index contributed by atoms with van der Waals surface area (Å²) in [5.41, 5.74) is 0. The monoisotopic (exact) mass is 871 g/mol. The fourth-order valence-electron chi connectivity index (χ4n) is 6.25. The van der Waals surface area contributed by atoms with Gasteiger partial charge in [0.05, 0.1) is 0 Å². The Labute approximate surface area is 386 Å². The number of allylic oxidation sites excluding steroid dienone is 20. The van der Waals surface area contributed by atoms with Crippen LogP contribution in [-0.4, -0.2) is 37.2 Å². The van der Waals surface area contributed by atoms with Gasteiger partial charge in [-0.1, -0.05) is 194 Å². The van der Waals surface area contributed by atoms with E-state index in [0.717, 1.165) is 135 Å². The number of carbonyl (C=O) groups is 3. The molecule has 6 heteroatoms. The largest absolute Gasteiger partial charge is 0.462 e. The van der Waals surface area contributed by atoms with Crippen LogP contribution in [0.1, 0.15) is 201 Å². The van der Waals surface area contributed by atoms with Crippen LogP contribution in [0.4, 0.5) is 0 Å². The summed E-state index contributed by atoms with van der Waals surface area (Å²) in [6.07, 6.45) is 69.1. The first-order valence-electron chi connectivity index (χ1n) is 25.0. The van der Waals surface area contributed by atoms with Crippen molar-refractivity contribution in [1.82, 2.24) is 0 Å². The lowest BCUT2D eigenvalue weighted by molar-refractivity contribution is -0.166. The Balaban J connectivity index is 4.50. The predicted molar refractivity (Wildman–Crippen MR) is 269 cm³/mol. The van der Waals surface area contributed by atoms with E-state index >= 15 is 0 Å². The lowest BCUT2D eigenvalue weighted by Crippen LogP contribution is -2.30. The van der Waals surface area contributed by atoms with Gasteiger partial charge >= 0.3 is 17.9 Å². The van der Waals surface area contributed by atoms with Crippen LogP contribution in [0.2, 0.25) is 0 Å². The van der Waals surface area contributed by atoms with Gasteiger partial charge in [0.1, 0.15) is 13.2 Å². The summed E-state index contributed by atoms with van der Waals surface area (Å²) in [6, 6.07) is 0. The van der Waals surface area contributed by atoms with Gasteiger partial charge in [-0.25, -0.2) is 0 Å². The normalized spacial score (nSPS) is 13.1. The quantitative estimate of drug-likeness (QED) is 0.0263. The van der Waals surface area contributed by atoms with Crippen molar-refractivity contribution in [2.75, 3.05) is 13.2 Å². The van der Waals surface area contributed by atoms with E-state index in [1.54, 1.807) is 0 Å². The van der Waals surface area contributed by atoms with Crippen LogP contribution in [0.15, 0.2) is 122 Å². The van der Waals surface area contributed by atoms with Gasteiger partial charge in [-0.3, -0.25) is 14.4 Å². The molecule has 0 aromatic rings. The zero-order chi connectivity index (χ0) is 45.8. The number of esters is 3. The first kappa shape index (κ1) is 58.8. The highest BCUT2D eigenvalue weighted by atomic mass is 16.6. The lowest BCUT2D eigenvalue weighted by Gasteiger charge is -2.18. The lowest BCUT2D eigenvalue weighted by atomic mass is 10.1. The van der Waals surface area contributed by atoms with E-state index in [-0.39, 0.29) is 31.6 Å². The summed E-state index contributed by atoms with van der Waals surface area (Å²) >= 11 is 0. The summed E-state index contributed by atoms with van der Waals surface area (Å²) in [7, 11) is 0. The molecule has 0 saturated carbocycles. The molecule has 0 amide bonds. The van der Waals surface area contributed by atoms with E-state index < -0.39 is 12.1 Å². The van der Waals surface area contributed by atoms with Crippen molar-refractivity contribution >= 4 is 17.9 Å². The molecule has 0 fully saturated rings. The van der Waals surface area contributed by atoms with Crippen LogP contribution >= 0.6 is 0 Å². The molecule has 0 bridgehead atoms. The van der Waals surface area contributed by atoms with Crippen LogP contribution < -0.4 is 0 Å². The van der Waals surface area contributed by atoms with Crippen molar-refractivity contribution in [3.05, 3.63) is 122 Å². The van der Waals surface area contributed by atoms with Gasteiger partial charge in [-0.05, 0) is 109 Å². The second kappa shape index (κ2) is 50.5. The molecule has 0 N–H and O–H groups in total. The first-order valence-corrected chi connectivity index (χ1v) is 25.0. The molecule has 0 saturated heterocycles. The smallest absolute Gasteiger partial charge is 0.306 e. The third-order valence-corrected chi connectivity index (χ3v) is 9.93. The van der Waals surface area contributed by atoms with Gasteiger partial charge in [0.2, 0.25) is 0 Å². The van der Waals surface area contributed by atoms with Crippen LogP contribution in [-0.2, 0) is 28.6 Å². The molecule has 0 aromatic heterocycles. The Morgan fingerprint density at radius 2 is 0.651 bits per heavy atom. The van der Waals surface area contributed by atoms with Crippen LogP contribution in [0.5, 0.6) is 0 Å². The molecular weight excluding hydrogens is 781 g/mol. The van der Waals surface area contributed by atoms with Gasteiger partial charge in [-0.15, -0.1) is 0 Å². The Bertz CT molecular complexity index is 1370. The molecule has 0 heterocycles. The molecule has 0 aromatic carbocycles. The highest BCUT2D eigenvalue weighted by Crippen LogP contribution is 2.12. The Morgan fingerprint density at radius 3 is 1.03 bits per heavy atom. The molecule has 0 rings (SSSR count). The molecule has 0 aliphatic carbocycles. The summed E-state index contributed by atoms with van der Waals surface area (Å²) in [4.78, 5) is 37.9. The minimum absolute atomic E-state index is 0.122. The van der Waals surface area contributed by atoms with Crippen molar-refractivity contribution < 1.29 is 28.6 Å². The third-order valence-electron chi connectivity index (χ3n) is 9.93. The second-order valence-corrected chi connectivity index (χ2v) is 16.0. The van der Waals surface area contributed by atoms with Crippen molar-refractivity contribution in [3.8, 4) is 0 Å². The van der Waals surface area contributed by atoms with E-state index in [1.165, 1.54) is 19.3 Å². The van der Waals surface area contributed by atoms with Crippen molar-refractivity contribution in [3.63, 3.8) is 0 Å². The van der Waals surface area contributed by atoms with E-state index in [0.29, 0.717) is 19.3 Å². The van der Waals surface area contributed by atoms with Crippen LogP contribution in [0, 0.1) is 0 Å². The maximum atomic E-state index is 12.7. The zero-order valence-electron chi connectivity index (χ0n) is 40.3. The molecule has 63 heavy (non-hydrogen) atoms. The summed E-state index contributed by atoms with van der Waals surface area (Å²) in [5, 5.41) is 0. The number of rotatable bonds is 43. The third kappa shape index (κ3) is 48.7. The number of hydrogen-bond acceptors (Lipinski definition) is 6. The van der Waals surface area contributed by atoms with Gasteiger partial charge in [0.25, 0.3) is 0 Å². The zero-order valence-corrected chi connectivity index (χ0v) is 40.3. The summed E-state index contributed by atoms with van der Waals surface area (Å²) < 4.78 is 16.7. The molecule has 6 nitrogen and oxygen atoms in total. The molecular formula is C57H90O6.